The van der Waals surface area contributed by atoms with Gasteiger partial charge in [0.2, 0.25) is 0 Å². The fraction of sp³-hybridized carbons (Fsp3) is 0.0526. The van der Waals surface area contributed by atoms with Gasteiger partial charge in [-0.2, -0.15) is 0 Å². The highest BCUT2D eigenvalue weighted by Gasteiger charge is 2.06. The number of hydrogen-bond donors (Lipinski definition) is 0. The van der Waals surface area contributed by atoms with E-state index in [4.69, 9.17) is 0 Å². The number of nitrogens with zero attached hydrogens (tertiary/aromatic N) is 2. The minimum Gasteiger partial charge on any atom is -0.268 e. The SMILES string of the molecule is Cc1ccc(-c2ccc(-n3cnc4ccccc4c3=O)cc2)s1. The van der Waals surface area contributed by atoms with E-state index in [1.54, 1.807) is 22.2 Å². The van der Waals surface area contributed by atoms with E-state index in [9.17, 15) is 4.79 Å². The number of rotatable bonds is 2. The first-order valence-electron chi connectivity index (χ1n) is 7.36. The molecule has 0 N–H and O–H groups in total. The number of aryl methyl sites for hydroxylation is 1. The highest BCUT2D eigenvalue weighted by Crippen LogP contribution is 2.28. The predicted octanol–water partition coefficient (Wildman–Crippen LogP) is 4.42. The van der Waals surface area contributed by atoms with E-state index >= 15 is 0 Å². The topological polar surface area (TPSA) is 34.9 Å². The summed E-state index contributed by atoms with van der Waals surface area (Å²) in [7, 11) is 0. The van der Waals surface area contributed by atoms with Crippen molar-refractivity contribution in [1.29, 1.82) is 0 Å². The van der Waals surface area contributed by atoms with Crippen molar-refractivity contribution in [2.45, 2.75) is 6.92 Å². The summed E-state index contributed by atoms with van der Waals surface area (Å²) in [6.07, 6.45) is 1.59. The number of benzene rings is 2. The lowest BCUT2D eigenvalue weighted by molar-refractivity contribution is 0.963. The molecule has 0 saturated carbocycles. The maximum atomic E-state index is 12.6. The minimum absolute atomic E-state index is 0.0460. The van der Waals surface area contributed by atoms with Crippen molar-refractivity contribution >= 4 is 22.2 Å². The molecule has 0 aliphatic rings. The Bertz CT molecular complexity index is 1040. The third kappa shape index (κ3) is 2.47. The first-order valence-corrected chi connectivity index (χ1v) is 8.18. The molecule has 0 spiro atoms. The molecule has 3 nitrogen and oxygen atoms in total. The predicted molar refractivity (Wildman–Crippen MR) is 95.4 cm³/mol. The van der Waals surface area contributed by atoms with Crippen LogP contribution in [0.3, 0.4) is 0 Å². The average Bonchev–Trinajstić information content (AvgIpc) is 3.02. The summed E-state index contributed by atoms with van der Waals surface area (Å²) >= 11 is 1.77. The second-order valence-electron chi connectivity index (χ2n) is 5.39. The molecule has 0 bridgehead atoms. The highest BCUT2D eigenvalue weighted by atomic mass is 32.1. The van der Waals surface area contributed by atoms with Crippen LogP contribution in [-0.2, 0) is 0 Å². The first-order chi connectivity index (χ1) is 11.2. The Hall–Kier alpha value is -2.72. The number of thiophene rings is 1. The zero-order valence-electron chi connectivity index (χ0n) is 12.6. The molecule has 0 radical (unpaired) electrons. The number of hydrogen-bond acceptors (Lipinski definition) is 3. The van der Waals surface area contributed by atoms with Gasteiger partial charge in [0.1, 0.15) is 6.33 Å². The van der Waals surface area contributed by atoms with Crippen molar-refractivity contribution < 1.29 is 0 Å². The van der Waals surface area contributed by atoms with Gasteiger partial charge in [0.15, 0.2) is 0 Å². The molecule has 0 amide bonds. The third-order valence-corrected chi connectivity index (χ3v) is 4.89. The van der Waals surface area contributed by atoms with Crippen LogP contribution < -0.4 is 5.56 Å². The van der Waals surface area contributed by atoms with Crippen LogP contribution in [0.2, 0.25) is 0 Å². The van der Waals surface area contributed by atoms with Gasteiger partial charge in [-0.15, -0.1) is 11.3 Å². The van der Waals surface area contributed by atoms with Gasteiger partial charge >= 0.3 is 0 Å². The monoisotopic (exact) mass is 318 g/mol. The zero-order chi connectivity index (χ0) is 15.8. The van der Waals surface area contributed by atoms with E-state index in [-0.39, 0.29) is 5.56 Å². The number of fused-ring (bicyclic) bond motifs is 1. The standard InChI is InChI=1S/C19H14N2OS/c1-13-6-11-18(23-13)14-7-9-15(10-8-14)21-12-20-17-5-3-2-4-16(17)19(21)22/h2-12H,1H3. The van der Waals surface area contributed by atoms with Crippen LogP contribution >= 0.6 is 11.3 Å². The Labute approximate surface area is 137 Å². The van der Waals surface area contributed by atoms with Crippen LogP contribution in [0.4, 0.5) is 0 Å². The Balaban J connectivity index is 1.79. The zero-order valence-corrected chi connectivity index (χ0v) is 13.4. The minimum atomic E-state index is -0.0460. The summed E-state index contributed by atoms with van der Waals surface area (Å²) in [4.78, 5) is 19.5. The van der Waals surface area contributed by atoms with E-state index in [1.165, 1.54) is 9.75 Å². The van der Waals surface area contributed by atoms with Crippen LogP contribution in [0.1, 0.15) is 4.88 Å². The van der Waals surface area contributed by atoms with Crippen molar-refractivity contribution in [1.82, 2.24) is 9.55 Å². The third-order valence-electron chi connectivity index (χ3n) is 3.84. The Morgan fingerprint density at radius 2 is 1.74 bits per heavy atom. The first kappa shape index (κ1) is 13.9. The smallest absolute Gasteiger partial charge is 0.265 e. The number of aromatic nitrogens is 2. The summed E-state index contributed by atoms with van der Waals surface area (Å²) in [5, 5.41) is 0.632. The fourth-order valence-electron chi connectivity index (χ4n) is 2.63. The van der Waals surface area contributed by atoms with Crippen molar-refractivity contribution in [2.75, 3.05) is 0 Å². The van der Waals surface area contributed by atoms with Gasteiger partial charge < -0.3 is 0 Å². The quantitative estimate of drug-likeness (QED) is 0.548. The van der Waals surface area contributed by atoms with E-state index in [0.29, 0.717) is 5.39 Å². The Morgan fingerprint density at radius 3 is 2.48 bits per heavy atom. The Kier molecular flexibility index (Phi) is 3.32. The van der Waals surface area contributed by atoms with Crippen LogP contribution in [0.15, 0.2) is 71.8 Å². The number of para-hydroxylation sites is 1. The van der Waals surface area contributed by atoms with Gasteiger partial charge in [0.25, 0.3) is 5.56 Å². The molecule has 0 atom stereocenters. The maximum absolute atomic E-state index is 12.6. The summed E-state index contributed by atoms with van der Waals surface area (Å²) < 4.78 is 1.59. The summed E-state index contributed by atoms with van der Waals surface area (Å²) in [6, 6.07) is 19.7. The molecular weight excluding hydrogens is 304 g/mol. The summed E-state index contributed by atoms with van der Waals surface area (Å²) in [6.45, 7) is 2.10. The molecule has 0 aliphatic carbocycles. The van der Waals surface area contributed by atoms with Crippen LogP contribution in [0, 0.1) is 6.92 Å². The molecule has 0 unspecified atom stereocenters. The van der Waals surface area contributed by atoms with Crippen molar-refractivity contribution in [3.63, 3.8) is 0 Å². The normalized spacial score (nSPS) is 11.0. The molecule has 2 aromatic heterocycles. The summed E-state index contributed by atoms with van der Waals surface area (Å²) in [5.41, 5.74) is 2.66. The van der Waals surface area contributed by atoms with Gasteiger partial charge in [-0.1, -0.05) is 24.3 Å². The molecule has 0 aliphatic heterocycles. The lowest BCUT2D eigenvalue weighted by Gasteiger charge is -2.07. The molecule has 4 heteroatoms. The molecular formula is C19H14N2OS. The molecule has 4 aromatic rings. The molecule has 2 heterocycles. The second-order valence-corrected chi connectivity index (χ2v) is 6.68. The van der Waals surface area contributed by atoms with Gasteiger partial charge in [-0.3, -0.25) is 9.36 Å². The largest absolute Gasteiger partial charge is 0.268 e. The van der Waals surface area contributed by atoms with Gasteiger partial charge in [-0.25, -0.2) is 4.98 Å². The van der Waals surface area contributed by atoms with Gasteiger partial charge in [0.05, 0.1) is 16.6 Å². The van der Waals surface area contributed by atoms with Crippen LogP contribution in [0.5, 0.6) is 0 Å². The van der Waals surface area contributed by atoms with E-state index < -0.39 is 0 Å². The average molecular weight is 318 g/mol. The maximum Gasteiger partial charge on any atom is 0.265 e. The highest BCUT2D eigenvalue weighted by molar-refractivity contribution is 7.15. The molecule has 2 aromatic carbocycles. The molecule has 0 saturated heterocycles. The molecule has 4 rings (SSSR count). The van der Waals surface area contributed by atoms with Crippen molar-refractivity contribution in [3.8, 4) is 16.1 Å². The van der Waals surface area contributed by atoms with Crippen LogP contribution in [-0.4, -0.2) is 9.55 Å². The van der Waals surface area contributed by atoms with Crippen molar-refractivity contribution in [2.24, 2.45) is 0 Å². The Morgan fingerprint density at radius 1 is 0.957 bits per heavy atom. The lowest BCUT2D eigenvalue weighted by atomic mass is 10.1. The van der Waals surface area contributed by atoms with E-state index in [2.05, 4.69) is 24.0 Å². The van der Waals surface area contributed by atoms with E-state index in [1.807, 2.05) is 48.5 Å². The molecule has 23 heavy (non-hydrogen) atoms. The van der Waals surface area contributed by atoms with E-state index in [0.717, 1.165) is 16.8 Å². The lowest BCUT2D eigenvalue weighted by Crippen LogP contribution is -2.18. The van der Waals surface area contributed by atoms with Crippen LogP contribution in [0.25, 0.3) is 27.0 Å². The van der Waals surface area contributed by atoms with Gasteiger partial charge in [0, 0.05) is 9.75 Å². The second kappa shape index (κ2) is 5.48. The van der Waals surface area contributed by atoms with Gasteiger partial charge in [-0.05, 0) is 48.9 Å². The van der Waals surface area contributed by atoms with Crippen molar-refractivity contribution in [3.05, 3.63) is 82.2 Å². The molecule has 112 valence electrons. The molecule has 0 fully saturated rings. The summed E-state index contributed by atoms with van der Waals surface area (Å²) in [5.74, 6) is 0. The fourth-order valence-corrected chi connectivity index (χ4v) is 3.50.